The van der Waals surface area contributed by atoms with Crippen molar-refractivity contribution >= 4 is 12.0 Å². The van der Waals surface area contributed by atoms with Crippen LogP contribution in [0.25, 0.3) is 0 Å². The molecule has 26 heavy (non-hydrogen) atoms. The van der Waals surface area contributed by atoms with Gasteiger partial charge in [-0.2, -0.15) is 5.21 Å². The van der Waals surface area contributed by atoms with Gasteiger partial charge in [0.1, 0.15) is 11.6 Å². The van der Waals surface area contributed by atoms with E-state index in [1.807, 2.05) is 6.92 Å². The number of tetrazole rings is 1. The number of H-pyrrole nitrogens is 1. The van der Waals surface area contributed by atoms with Crippen LogP contribution in [0, 0.1) is 0 Å². The highest BCUT2D eigenvalue weighted by atomic mass is 16.6. The van der Waals surface area contributed by atoms with Crippen molar-refractivity contribution < 1.29 is 14.3 Å². The fourth-order valence-electron chi connectivity index (χ4n) is 3.18. The molecule has 3 atom stereocenters. The molecule has 0 saturated heterocycles. The van der Waals surface area contributed by atoms with Gasteiger partial charge in [-0.25, -0.2) is 4.79 Å². The number of hydrogen-bond acceptors (Lipinski definition) is 6. The molecule has 9 heteroatoms. The van der Waals surface area contributed by atoms with Gasteiger partial charge in [-0.05, 0) is 40.0 Å². The lowest BCUT2D eigenvalue weighted by Gasteiger charge is -2.25. The molecule has 1 saturated carbocycles. The van der Waals surface area contributed by atoms with Gasteiger partial charge in [0, 0.05) is 12.0 Å². The highest BCUT2D eigenvalue weighted by Crippen LogP contribution is 2.32. The van der Waals surface area contributed by atoms with Crippen molar-refractivity contribution in [2.24, 2.45) is 0 Å². The molecule has 1 heterocycles. The fourth-order valence-corrected chi connectivity index (χ4v) is 3.18. The lowest BCUT2D eigenvalue weighted by molar-refractivity contribution is -0.124. The van der Waals surface area contributed by atoms with Gasteiger partial charge in [0.15, 0.2) is 5.82 Å². The molecular formula is C17H30N6O3. The smallest absolute Gasteiger partial charge is 0.408 e. The number of rotatable bonds is 7. The van der Waals surface area contributed by atoms with E-state index >= 15 is 0 Å². The summed E-state index contributed by atoms with van der Waals surface area (Å²) in [4.78, 5) is 24.9. The van der Waals surface area contributed by atoms with Crippen molar-refractivity contribution in [2.45, 2.75) is 89.8 Å². The average Bonchev–Trinajstić information content (AvgIpc) is 3.20. The van der Waals surface area contributed by atoms with E-state index in [2.05, 4.69) is 31.3 Å². The Labute approximate surface area is 154 Å². The zero-order valence-electron chi connectivity index (χ0n) is 16.0. The number of aromatic nitrogens is 4. The zero-order valence-corrected chi connectivity index (χ0v) is 16.0. The molecule has 1 aliphatic carbocycles. The van der Waals surface area contributed by atoms with Gasteiger partial charge in [-0.1, -0.05) is 31.4 Å². The molecule has 146 valence electrons. The van der Waals surface area contributed by atoms with E-state index in [1.54, 1.807) is 20.8 Å². The normalized spacial score (nSPS) is 21.2. The van der Waals surface area contributed by atoms with Gasteiger partial charge in [0.05, 0.1) is 0 Å². The fraction of sp³-hybridized carbons (Fsp3) is 0.824. The predicted octanol–water partition coefficient (Wildman–Crippen LogP) is 2.04. The number of ether oxygens (including phenoxy) is 1. The minimum Gasteiger partial charge on any atom is -0.444 e. The van der Waals surface area contributed by atoms with E-state index in [0.717, 1.165) is 32.1 Å². The highest BCUT2D eigenvalue weighted by molar-refractivity contribution is 5.86. The Morgan fingerprint density at radius 1 is 1.35 bits per heavy atom. The Kier molecular flexibility index (Phi) is 6.93. The Morgan fingerprint density at radius 3 is 2.73 bits per heavy atom. The highest BCUT2D eigenvalue weighted by Gasteiger charge is 2.34. The largest absolute Gasteiger partial charge is 0.444 e. The minimum atomic E-state index is -0.615. The van der Waals surface area contributed by atoms with Gasteiger partial charge >= 0.3 is 6.09 Å². The van der Waals surface area contributed by atoms with Crippen LogP contribution in [0.3, 0.4) is 0 Å². The number of unbranched alkanes of at least 4 members (excludes halogenated alkanes) is 1. The van der Waals surface area contributed by atoms with Gasteiger partial charge < -0.3 is 15.4 Å². The quantitative estimate of drug-likeness (QED) is 0.679. The topological polar surface area (TPSA) is 122 Å². The lowest BCUT2D eigenvalue weighted by Crippen LogP contribution is -2.51. The second-order valence-electron chi connectivity index (χ2n) is 7.76. The Balaban J connectivity index is 1.98. The van der Waals surface area contributed by atoms with Crippen molar-refractivity contribution in [3.8, 4) is 0 Å². The van der Waals surface area contributed by atoms with Crippen LogP contribution in [0.2, 0.25) is 0 Å². The van der Waals surface area contributed by atoms with Crippen molar-refractivity contribution in [1.29, 1.82) is 0 Å². The van der Waals surface area contributed by atoms with Crippen LogP contribution in [0.5, 0.6) is 0 Å². The molecular weight excluding hydrogens is 336 g/mol. The number of carbonyl (C=O) groups excluding carboxylic acids is 2. The average molecular weight is 366 g/mol. The number of amides is 2. The summed E-state index contributed by atoms with van der Waals surface area (Å²) in [5.74, 6) is 0.480. The number of nitrogens with zero attached hydrogens (tertiary/aromatic N) is 3. The van der Waals surface area contributed by atoms with Gasteiger partial charge in [-0.3, -0.25) is 4.79 Å². The maximum atomic E-state index is 12.8. The Bertz CT molecular complexity index is 584. The molecule has 0 radical (unpaired) electrons. The first kappa shape index (κ1) is 20.1. The molecule has 0 bridgehead atoms. The summed E-state index contributed by atoms with van der Waals surface area (Å²) in [6.07, 6.45) is 4.53. The number of aromatic amines is 1. The molecule has 1 aromatic rings. The van der Waals surface area contributed by atoms with Gasteiger partial charge in [-0.15, -0.1) is 10.2 Å². The monoisotopic (exact) mass is 366 g/mol. The van der Waals surface area contributed by atoms with Crippen LogP contribution < -0.4 is 10.6 Å². The summed E-state index contributed by atoms with van der Waals surface area (Å²) >= 11 is 0. The van der Waals surface area contributed by atoms with E-state index in [1.165, 1.54) is 0 Å². The number of nitrogens with one attached hydrogen (secondary N) is 3. The Hall–Kier alpha value is -2.19. The maximum Gasteiger partial charge on any atom is 0.408 e. The third-order valence-electron chi connectivity index (χ3n) is 4.39. The van der Waals surface area contributed by atoms with Crippen molar-refractivity contribution in [1.82, 2.24) is 31.3 Å². The van der Waals surface area contributed by atoms with Crippen molar-refractivity contribution in [3.05, 3.63) is 5.82 Å². The molecule has 1 aromatic heterocycles. The van der Waals surface area contributed by atoms with E-state index in [4.69, 9.17) is 4.74 Å². The van der Waals surface area contributed by atoms with Crippen LogP contribution in [0.15, 0.2) is 0 Å². The van der Waals surface area contributed by atoms with Gasteiger partial charge in [0.25, 0.3) is 0 Å². The summed E-state index contributed by atoms with van der Waals surface area (Å²) in [5.41, 5.74) is -0.606. The van der Waals surface area contributed by atoms with Crippen LogP contribution in [0.4, 0.5) is 4.79 Å². The molecule has 1 aliphatic rings. The summed E-state index contributed by atoms with van der Waals surface area (Å²) in [6, 6.07) is -0.666. The second kappa shape index (κ2) is 8.95. The number of hydrogen-bond donors (Lipinski definition) is 3. The van der Waals surface area contributed by atoms with Crippen molar-refractivity contribution in [3.63, 3.8) is 0 Å². The van der Waals surface area contributed by atoms with E-state index < -0.39 is 17.7 Å². The van der Waals surface area contributed by atoms with E-state index in [-0.39, 0.29) is 17.9 Å². The third kappa shape index (κ3) is 5.96. The summed E-state index contributed by atoms with van der Waals surface area (Å²) < 4.78 is 5.29. The maximum absolute atomic E-state index is 12.8. The lowest BCUT2D eigenvalue weighted by atomic mass is 10.0. The standard InChI is InChI=1S/C17H30N6O3/c1-5-6-9-13(19-16(25)26-17(2,3)4)15(24)18-12-10-7-8-11(12)14-20-22-23-21-14/h11-13H,5-10H2,1-4H3,(H,18,24)(H,19,25)(H,20,21,22,23)/t11-,12+,13+/m1/s1. The molecule has 0 unspecified atom stereocenters. The molecule has 0 spiro atoms. The van der Waals surface area contributed by atoms with E-state index in [9.17, 15) is 9.59 Å². The first-order valence-electron chi connectivity index (χ1n) is 9.33. The number of alkyl carbamates (subject to hydrolysis) is 1. The molecule has 2 rings (SSSR count). The Morgan fingerprint density at radius 2 is 2.12 bits per heavy atom. The van der Waals surface area contributed by atoms with E-state index in [0.29, 0.717) is 12.2 Å². The summed E-state index contributed by atoms with van der Waals surface area (Å²) in [6.45, 7) is 7.43. The first-order valence-corrected chi connectivity index (χ1v) is 9.33. The molecule has 0 aliphatic heterocycles. The first-order chi connectivity index (χ1) is 12.3. The third-order valence-corrected chi connectivity index (χ3v) is 4.39. The molecule has 9 nitrogen and oxygen atoms in total. The predicted molar refractivity (Wildman–Crippen MR) is 95.4 cm³/mol. The molecule has 3 N–H and O–H groups in total. The molecule has 1 fully saturated rings. The van der Waals surface area contributed by atoms with Gasteiger partial charge in [0.2, 0.25) is 5.91 Å². The van der Waals surface area contributed by atoms with Crippen LogP contribution in [0.1, 0.15) is 78.0 Å². The minimum absolute atomic E-state index is 0.0473. The van der Waals surface area contributed by atoms with Crippen molar-refractivity contribution in [2.75, 3.05) is 0 Å². The second-order valence-corrected chi connectivity index (χ2v) is 7.76. The van der Waals surface area contributed by atoms with Crippen LogP contribution in [-0.4, -0.2) is 50.3 Å². The number of carbonyl (C=O) groups is 2. The zero-order chi connectivity index (χ0) is 19.2. The molecule has 0 aromatic carbocycles. The van der Waals surface area contributed by atoms with Crippen LogP contribution >= 0.6 is 0 Å². The molecule has 2 amide bonds. The summed E-state index contributed by atoms with van der Waals surface area (Å²) in [5, 5.41) is 19.9. The summed E-state index contributed by atoms with van der Waals surface area (Å²) in [7, 11) is 0. The SMILES string of the molecule is CCCC[C@H](NC(=O)OC(C)(C)C)C(=O)N[C@H]1CCC[C@H]1c1nn[nH]n1. The van der Waals surface area contributed by atoms with Crippen LogP contribution in [-0.2, 0) is 9.53 Å².